The van der Waals surface area contributed by atoms with Gasteiger partial charge >= 0.3 is 11.9 Å². The lowest BCUT2D eigenvalue weighted by molar-refractivity contribution is -0.102. The third-order valence-electron chi connectivity index (χ3n) is 3.62. The minimum absolute atomic E-state index is 0.130. The lowest BCUT2D eigenvalue weighted by atomic mass is 10.1. The number of nitrogens with zero attached hydrogens (tertiary/aromatic N) is 3. The Hall–Kier alpha value is -4.68. The molecule has 0 atom stereocenters. The molecule has 0 fully saturated rings. The van der Waals surface area contributed by atoms with Crippen molar-refractivity contribution in [2.24, 2.45) is 15.4 Å². The van der Waals surface area contributed by atoms with Crippen LogP contribution in [0.15, 0.2) is 51.8 Å². The van der Waals surface area contributed by atoms with E-state index in [4.69, 9.17) is 0 Å². The fraction of sp³-hybridized carbons (Fsp3) is 0.143. The van der Waals surface area contributed by atoms with E-state index in [0.717, 1.165) is 25.5 Å². The smallest absolute Gasteiger partial charge is 0.343 e. The summed E-state index contributed by atoms with van der Waals surface area (Å²) in [6, 6.07) is 8.08. The van der Waals surface area contributed by atoms with Crippen LogP contribution in [0.4, 0.5) is 20.2 Å². The Balaban J connectivity index is 0.000000342. The number of nitrogens with one attached hydrogen (secondary N) is 2. The van der Waals surface area contributed by atoms with Gasteiger partial charge < -0.3 is 14.3 Å². The molecular formula is C21H21F2N5O6. The molecule has 0 aliphatic heterocycles. The number of hydrazone groups is 2. The standard InChI is InChI=1S/C11H12FN3O3.C10H9FN2O3/c1-17-11(16)10-8(12)4-3-5-9(10)15-13-6-7-14-18-2;1-16-10(15)9-7(11)3-2-4-8(9)13-12-5-6-14/h3-7,15H,1-2H3;2-6,13H,1H3/b13-6+,14-7+;12-5+. The summed E-state index contributed by atoms with van der Waals surface area (Å²) in [4.78, 5) is 37.0. The van der Waals surface area contributed by atoms with E-state index in [0.29, 0.717) is 6.29 Å². The van der Waals surface area contributed by atoms with E-state index in [9.17, 15) is 23.2 Å². The van der Waals surface area contributed by atoms with Crippen LogP contribution in [-0.4, -0.2) is 58.2 Å². The van der Waals surface area contributed by atoms with Crippen molar-refractivity contribution < 1.29 is 37.5 Å². The van der Waals surface area contributed by atoms with E-state index >= 15 is 0 Å². The van der Waals surface area contributed by atoms with Crippen LogP contribution in [0.5, 0.6) is 0 Å². The number of methoxy groups -OCH3 is 2. The molecule has 2 N–H and O–H groups in total. The lowest BCUT2D eigenvalue weighted by Crippen LogP contribution is -2.08. The molecule has 13 heteroatoms. The van der Waals surface area contributed by atoms with Crippen molar-refractivity contribution in [1.29, 1.82) is 0 Å². The Labute approximate surface area is 193 Å². The Bertz CT molecular complexity index is 1080. The number of carbonyl (C=O) groups is 3. The summed E-state index contributed by atoms with van der Waals surface area (Å²) in [5.41, 5.74) is 4.74. The average Bonchev–Trinajstić information content (AvgIpc) is 2.84. The van der Waals surface area contributed by atoms with Crippen LogP contribution in [0.25, 0.3) is 0 Å². The zero-order valence-corrected chi connectivity index (χ0v) is 18.3. The molecule has 0 amide bonds. The van der Waals surface area contributed by atoms with Gasteiger partial charge in [0.1, 0.15) is 29.9 Å². The number of esters is 2. The number of aldehydes is 1. The molecule has 2 aromatic carbocycles. The normalized spacial score (nSPS) is 10.5. The maximum absolute atomic E-state index is 13.5. The van der Waals surface area contributed by atoms with E-state index in [-0.39, 0.29) is 22.5 Å². The van der Waals surface area contributed by atoms with Crippen LogP contribution in [0, 0.1) is 11.6 Å². The second-order valence-electron chi connectivity index (χ2n) is 5.66. The molecule has 0 bridgehead atoms. The molecule has 0 aliphatic carbocycles. The van der Waals surface area contributed by atoms with Crippen molar-refractivity contribution in [2.45, 2.75) is 0 Å². The molecule has 34 heavy (non-hydrogen) atoms. The van der Waals surface area contributed by atoms with E-state index in [1.807, 2.05) is 0 Å². The first-order valence-electron chi connectivity index (χ1n) is 9.21. The number of halogens is 2. The van der Waals surface area contributed by atoms with Gasteiger partial charge in [-0.05, 0) is 24.3 Å². The number of carbonyl (C=O) groups excluding carboxylic acids is 3. The third-order valence-corrected chi connectivity index (χ3v) is 3.62. The zero-order valence-electron chi connectivity index (χ0n) is 18.3. The van der Waals surface area contributed by atoms with E-state index in [2.05, 4.69) is 40.5 Å². The summed E-state index contributed by atoms with van der Waals surface area (Å²) < 4.78 is 35.7. The SMILES string of the molecule is CO/N=C/C=N/Nc1cccc(F)c1C(=O)OC.COC(=O)c1c(F)cccc1N/N=C/C=O. The highest BCUT2D eigenvalue weighted by Gasteiger charge is 2.17. The van der Waals surface area contributed by atoms with Gasteiger partial charge in [-0.3, -0.25) is 15.6 Å². The number of hydrogen-bond donors (Lipinski definition) is 2. The van der Waals surface area contributed by atoms with Gasteiger partial charge in [-0.2, -0.15) is 10.2 Å². The maximum Gasteiger partial charge on any atom is 0.343 e. The Morgan fingerprint density at radius 3 is 1.68 bits per heavy atom. The highest BCUT2D eigenvalue weighted by Crippen LogP contribution is 2.20. The number of hydrogen-bond acceptors (Lipinski definition) is 11. The van der Waals surface area contributed by atoms with Gasteiger partial charge in [-0.1, -0.05) is 17.3 Å². The fourth-order valence-electron chi connectivity index (χ4n) is 2.22. The lowest BCUT2D eigenvalue weighted by Gasteiger charge is -2.07. The van der Waals surface area contributed by atoms with Crippen molar-refractivity contribution >= 4 is 48.2 Å². The molecule has 2 aromatic rings. The van der Waals surface area contributed by atoms with Crippen molar-refractivity contribution in [3.63, 3.8) is 0 Å². The number of oxime groups is 1. The Morgan fingerprint density at radius 2 is 1.26 bits per heavy atom. The zero-order chi connectivity index (χ0) is 25.3. The van der Waals surface area contributed by atoms with Gasteiger partial charge in [0.05, 0.1) is 44.2 Å². The molecule has 0 heterocycles. The Kier molecular flexibility index (Phi) is 12.2. The van der Waals surface area contributed by atoms with Crippen molar-refractivity contribution in [3.05, 3.63) is 59.2 Å². The average molecular weight is 477 g/mol. The molecule has 2 rings (SSSR count). The molecule has 0 spiro atoms. The summed E-state index contributed by atoms with van der Waals surface area (Å²) in [5.74, 6) is -3.01. The van der Waals surface area contributed by atoms with Gasteiger partial charge in [0.15, 0.2) is 6.29 Å². The van der Waals surface area contributed by atoms with Crippen LogP contribution >= 0.6 is 0 Å². The summed E-state index contributed by atoms with van der Waals surface area (Å²) >= 11 is 0. The van der Waals surface area contributed by atoms with Gasteiger partial charge in [0.2, 0.25) is 0 Å². The van der Waals surface area contributed by atoms with Crippen molar-refractivity contribution in [1.82, 2.24) is 0 Å². The number of benzene rings is 2. The van der Waals surface area contributed by atoms with E-state index in [1.165, 1.54) is 50.9 Å². The second-order valence-corrected chi connectivity index (χ2v) is 5.66. The maximum atomic E-state index is 13.5. The van der Waals surface area contributed by atoms with Gasteiger partial charge in [0.25, 0.3) is 0 Å². The summed E-state index contributed by atoms with van der Waals surface area (Å²) in [5, 5.41) is 10.6. The molecule has 11 nitrogen and oxygen atoms in total. The first-order chi connectivity index (χ1) is 16.4. The van der Waals surface area contributed by atoms with Gasteiger partial charge in [-0.25, -0.2) is 18.4 Å². The highest BCUT2D eigenvalue weighted by molar-refractivity contribution is 6.16. The van der Waals surface area contributed by atoms with Crippen LogP contribution in [0.1, 0.15) is 20.7 Å². The van der Waals surface area contributed by atoms with Crippen molar-refractivity contribution in [3.8, 4) is 0 Å². The first-order valence-corrected chi connectivity index (χ1v) is 9.21. The topological polar surface area (TPSA) is 140 Å². The minimum Gasteiger partial charge on any atom is -0.465 e. The molecule has 0 unspecified atom stereocenters. The van der Waals surface area contributed by atoms with Gasteiger partial charge in [0, 0.05) is 0 Å². The Morgan fingerprint density at radius 1 is 0.794 bits per heavy atom. The highest BCUT2D eigenvalue weighted by atomic mass is 19.1. The molecule has 180 valence electrons. The van der Waals surface area contributed by atoms with Crippen LogP contribution < -0.4 is 10.9 Å². The number of ether oxygens (including phenoxy) is 2. The van der Waals surface area contributed by atoms with E-state index in [1.54, 1.807) is 0 Å². The predicted octanol–water partition coefficient (Wildman–Crippen LogP) is 2.85. The summed E-state index contributed by atoms with van der Waals surface area (Å²) in [6.07, 6.45) is 3.95. The monoisotopic (exact) mass is 477 g/mol. The largest absolute Gasteiger partial charge is 0.465 e. The first kappa shape index (κ1) is 27.4. The van der Waals surface area contributed by atoms with Crippen molar-refractivity contribution in [2.75, 3.05) is 32.2 Å². The van der Waals surface area contributed by atoms with Crippen LogP contribution in [-0.2, 0) is 19.1 Å². The number of anilines is 2. The molecule has 0 aromatic heterocycles. The summed E-state index contributed by atoms with van der Waals surface area (Å²) in [7, 11) is 3.71. The fourth-order valence-corrected chi connectivity index (χ4v) is 2.22. The van der Waals surface area contributed by atoms with E-state index < -0.39 is 23.6 Å². The predicted molar refractivity (Wildman–Crippen MR) is 121 cm³/mol. The molecule has 0 radical (unpaired) electrons. The number of rotatable bonds is 9. The summed E-state index contributed by atoms with van der Waals surface area (Å²) in [6.45, 7) is 0. The minimum atomic E-state index is -0.818. The second kappa shape index (κ2) is 15.2. The van der Waals surface area contributed by atoms with Gasteiger partial charge in [-0.15, -0.1) is 0 Å². The molecule has 0 saturated heterocycles. The van der Waals surface area contributed by atoms with Crippen LogP contribution in [0.2, 0.25) is 0 Å². The van der Waals surface area contributed by atoms with Crippen LogP contribution in [0.3, 0.4) is 0 Å². The quantitative estimate of drug-likeness (QED) is 0.243. The molecule has 0 aliphatic rings. The molecule has 0 saturated carbocycles. The molecular weight excluding hydrogens is 456 g/mol. The third kappa shape index (κ3) is 8.45.